The van der Waals surface area contributed by atoms with Gasteiger partial charge in [-0.3, -0.25) is 9.59 Å². The van der Waals surface area contributed by atoms with Gasteiger partial charge in [0.05, 0.1) is 5.56 Å². The largest absolute Gasteiger partial charge is 0.416 e. The summed E-state index contributed by atoms with van der Waals surface area (Å²) < 4.78 is 38.8. The molecule has 0 aliphatic carbocycles. The molecule has 4 nitrogen and oxygen atoms in total. The van der Waals surface area contributed by atoms with Crippen LogP contribution in [-0.4, -0.2) is 35.8 Å². The van der Waals surface area contributed by atoms with Crippen molar-refractivity contribution in [3.63, 3.8) is 0 Å². The Morgan fingerprint density at radius 1 is 1.00 bits per heavy atom. The lowest BCUT2D eigenvalue weighted by Crippen LogP contribution is -2.49. The molecule has 2 aromatic rings. The number of carbonyl (C=O) groups excluding carboxylic acids is 2. The Bertz CT molecular complexity index is 831. The predicted molar refractivity (Wildman–Crippen MR) is 98.7 cm³/mol. The summed E-state index contributed by atoms with van der Waals surface area (Å²) in [6, 6.07) is 12.6. The number of amides is 2. The van der Waals surface area contributed by atoms with E-state index < -0.39 is 23.7 Å². The third-order valence-electron chi connectivity index (χ3n) is 4.76. The maximum Gasteiger partial charge on any atom is 0.416 e. The van der Waals surface area contributed by atoms with E-state index in [4.69, 9.17) is 0 Å². The molecule has 1 aliphatic heterocycles. The summed E-state index contributed by atoms with van der Waals surface area (Å²) in [7, 11) is 0. The molecule has 28 heavy (non-hydrogen) atoms. The average molecular weight is 390 g/mol. The van der Waals surface area contributed by atoms with Crippen LogP contribution in [0.5, 0.6) is 0 Å². The number of nitrogens with zero attached hydrogens (tertiary/aromatic N) is 1. The third kappa shape index (κ3) is 4.91. The fraction of sp³-hybridized carbons (Fsp3) is 0.333. The lowest BCUT2D eigenvalue weighted by molar-refractivity contribution is -0.137. The molecule has 0 saturated carbocycles. The van der Waals surface area contributed by atoms with Crippen molar-refractivity contribution in [2.24, 2.45) is 0 Å². The number of benzene rings is 2. The van der Waals surface area contributed by atoms with E-state index in [9.17, 15) is 22.8 Å². The highest BCUT2D eigenvalue weighted by Crippen LogP contribution is 2.29. The Morgan fingerprint density at radius 3 is 2.32 bits per heavy atom. The zero-order chi connectivity index (χ0) is 20.1. The summed E-state index contributed by atoms with van der Waals surface area (Å²) in [5.41, 5.74) is -0.155. The molecule has 1 aliphatic rings. The van der Waals surface area contributed by atoms with Gasteiger partial charge in [0.2, 0.25) is 5.91 Å². The highest BCUT2D eigenvalue weighted by atomic mass is 19.4. The monoisotopic (exact) mass is 390 g/mol. The van der Waals surface area contributed by atoms with E-state index in [0.29, 0.717) is 13.1 Å². The molecule has 1 atom stereocenters. The van der Waals surface area contributed by atoms with Crippen LogP contribution in [0.3, 0.4) is 0 Å². The van der Waals surface area contributed by atoms with Crippen LogP contribution in [0, 0.1) is 0 Å². The lowest BCUT2D eigenvalue weighted by Gasteiger charge is -2.24. The van der Waals surface area contributed by atoms with E-state index in [0.717, 1.165) is 30.5 Å². The van der Waals surface area contributed by atoms with Gasteiger partial charge in [-0.2, -0.15) is 13.2 Å². The molecule has 1 heterocycles. The van der Waals surface area contributed by atoms with Gasteiger partial charge in [0, 0.05) is 25.1 Å². The van der Waals surface area contributed by atoms with E-state index in [2.05, 4.69) is 5.32 Å². The van der Waals surface area contributed by atoms with Crippen molar-refractivity contribution < 1.29 is 22.8 Å². The van der Waals surface area contributed by atoms with Crippen LogP contribution in [0.15, 0.2) is 54.6 Å². The first kappa shape index (κ1) is 19.9. The van der Waals surface area contributed by atoms with Crippen molar-refractivity contribution >= 4 is 11.8 Å². The number of hydrogen-bond acceptors (Lipinski definition) is 2. The summed E-state index contributed by atoms with van der Waals surface area (Å²) in [6.07, 6.45) is -2.44. The number of hydrogen-bond donors (Lipinski definition) is 1. The van der Waals surface area contributed by atoms with E-state index in [-0.39, 0.29) is 17.9 Å². The van der Waals surface area contributed by atoms with E-state index >= 15 is 0 Å². The third-order valence-corrected chi connectivity index (χ3v) is 4.76. The van der Waals surface area contributed by atoms with Crippen molar-refractivity contribution in [1.82, 2.24) is 10.2 Å². The Balaban J connectivity index is 1.80. The number of halogens is 3. The normalized spacial score (nSPS) is 15.3. The highest BCUT2D eigenvalue weighted by Gasteiger charge is 2.32. The molecule has 1 N–H and O–H groups in total. The number of alkyl halides is 3. The molecule has 0 radical (unpaired) electrons. The van der Waals surface area contributed by atoms with Crippen LogP contribution in [0.4, 0.5) is 13.2 Å². The number of rotatable bonds is 5. The molecular weight excluding hydrogens is 369 g/mol. The maximum absolute atomic E-state index is 12.9. The Morgan fingerprint density at radius 2 is 1.68 bits per heavy atom. The standard InChI is InChI=1S/C21H21F3N2O2/c22-21(23,24)17-10-6-9-16(14-17)19(27)25-18(13-15-7-2-1-3-8-15)20(28)26-11-4-5-12-26/h1-3,6-10,14,18H,4-5,11-13H2,(H,25,27). The van der Waals surface area contributed by atoms with Crippen LogP contribution >= 0.6 is 0 Å². The van der Waals surface area contributed by atoms with E-state index in [1.165, 1.54) is 12.1 Å². The molecule has 0 bridgehead atoms. The molecular formula is C21H21F3N2O2. The molecule has 3 rings (SSSR count). The van der Waals surface area contributed by atoms with Crippen molar-refractivity contribution in [1.29, 1.82) is 0 Å². The van der Waals surface area contributed by atoms with Gasteiger partial charge in [0.25, 0.3) is 5.91 Å². The zero-order valence-corrected chi connectivity index (χ0v) is 15.2. The molecule has 2 aromatic carbocycles. The van der Waals surface area contributed by atoms with Gasteiger partial charge in [0.1, 0.15) is 6.04 Å². The lowest BCUT2D eigenvalue weighted by atomic mass is 10.0. The van der Waals surface area contributed by atoms with Crippen LogP contribution in [0.25, 0.3) is 0 Å². The van der Waals surface area contributed by atoms with Crippen LogP contribution < -0.4 is 5.32 Å². The molecule has 2 amide bonds. The Kier molecular flexibility index (Phi) is 6.02. The second-order valence-corrected chi connectivity index (χ2v) is 6.83. The summed E-state index contributed by atoms with van der Waals surface area (Å²) in [6.45, 7) is 1.26. The average Bonchev–Trinajstić information content (AvgIpc) is 3.22. The molecule has 0 spiro atoms. The van der Waals surface area contributed by atoms with E-state index in [1.807, 2.05) is 30.3 Å². The first-order valence-electron chi connectivity index (χ1n) is 9.15. The second kappa shape index (κ2) is 8.46. The van der Waals surface area contributed by atoms with Crippen molar-refractivity contribution in [3.05, 3.63) is 71.3 Å². The predicted octanol–water partition coefficient (Wildman–Crippen LogP) is 3.67. The van der Waals surface area contributed by atoms with Gasteiger partial charge >= 0.3 is 6.18 Å². The van der Waals surface area contributed by atoms with Gasteiger partial charge in [-0.25, -0.2) is 0 Å². The first-order chi connectivity index (χ1) is 13.3. The van der Waals surface area contributed by atoms with Gasteiger partial charge < -0.3 is 10.2 Å². The SMILES string of the molecule is O=C(NC(Cc1ccccc1)C(=O)N1CCCC1)c1cccc(C(F)(F)F)c1. The summed E-state index contributed by atoms with van der Waals surface area (Å²) in [4.78, 5) is 27.2. The topological polar surface area (TPSA) is 49.4 Å². The minimum atomic E-state index is -4.54. The molecule has 1 unspecified atom stereocenters. The van der Waals surface area contributed by atoms with Gasteiger partial charge in [0.15, 0.2) is 0 Å². The molecule has 148 valence electrons. The summed E-state index contributed by atoms with van der Waals surface area (Å²) in [5, 5.41) is 2.64. The number of nitrogens with one attached hydrogen (secondary N) is 1. The van der Waals surface area contributed by atoms with Crippen LogP contribution in [-0.2, 0) is 17.4 Å². The minimum absolute atomic E-state index is 0.123. The van der Waals surface area contributed by atoms with Crippen molar-refractivity contribution in [2.75, 3.05) is 13.1 Å². The summed E-state index contributed by atoms with van der Waals surface area (Å²) in [5.74, 6) is -0.902. The minimum Gasteiger partial charge on any atom is -0.341 e. The fourth-order valence-corrected chi connectivity index (χ4v) is 3.29. The Hall–Kier alpha value is -2.83. The first-order valence-corrected chi connectivity index (χ1v) is 9.15. The summed E-state index contributed by atoms with van der Waals surface area (Å²) >= 11 is 0. The van der Waals surface area contributed by atoms with Gasteiger partial charge in [-0.05, 0) is 36.6 Å². The second-order valence-electron chi connectivity index (χ2n) is 6.83. The molecule has 1 fully saturated rings. The number of likely N-dealkylation sites (tertiary alicyclic amines) is 1. The highest BCUT2D eigenvalue weighted by molar-refractivity contribution is 5.97. The Labute approximate surface area is 161 Å². The van der Waals surface area contributed by atoms with Gasteiger partial charge in [-0.1, -0.05) is 36.4 Å². The van der Waals surface area contributed by atoms with Crippen LogP contribution in [0.1, 0.15) is 34.3 Å². The maximum atomic E-state index is 12.9. The van der Waals surface area contributed by atoms with E-state index in [1.54, 1.807) is 4.90 Å². The van der Waals surface area contributed by atoms with Crippen LogP contribution in [0.2, 0.25) is 0 Å². The van der Waals surface area contributed by atoms with Crippen molar-refractivity contribution in [3.8, 4) is 0 Å². The molecule has 1 saturated heterocycles. The number of carbonyl (C=O) groups is 2. The van der Waals surface area contributed by atoms with Gasteiger partial charge in [-0.15, -0.1) is 0 Å². The quantitative estimate of drug-likeness (QED) is 0.847. The fourth-order valence-electron chi connectivity index (χ4n) is 3.29. The molecule has 7 heteroatoms. The van der Waals surface area contributed by atoms with Crippen molar-refractivity contribution in [2.45, 2.75) is 31.5 Å². The molecule has 0 aromatic heterocycles. The zero-order valence-electron chi connectivity index (χ0n) is 15.2. The smallest absolute Gasteiger partial charge is 0.341 e.